The third-order valence-corrected chi connectivity index (χ3v) is 3.84. The monoisotopic (exact) mass is 324 g/mol. The quantitative estimate of drug-likeness (QED) is 0.748. The highest BCUT2D eigenvalue weighted by molar-refractivity contribution is 6.02. The first-order valence-electron chi connectivity index (χ1n) is 7.68. The highest BCUT2D eigenvalue weighted by Gasteiger charge is 2.24. The van der Waals surface area contributed by atoms with E-state index >= 15 is 0 Å². The van der Waals surface area contributed by atoms with Crippen LogP contribution in [0.4, 0.5) is 5.69 Å². The molecule has 1 aromatic carbocycles. The van der Waals surface area contributed by atoms with E-state index in [9.17, 15) is 4.79 Å². The summed E-state index contributed by atoms with van der Waals surface area (Å²) in [5, 5.41) is 5.44. The van der Waals surface area contributed by atoms with Crippen LogP contribution >= 0.6 is 0 Å². The molecule has 0 saturated carbocycles. The van der Waals surface area contributed by atoms with Crippen LogP contribution in [0.15, 0.2) is 30.5 Å². The molecule has 6 nitrogen and oxygen atoms in total. The van der Waals surface area contributed by atoms with Crippen LogP contribution < -0.4 is 10.5 Å². The zero-order chi connectivity index (χ0) is 17.5. The summed E-state index contributed by atoms with van der Waals surface area (Å²) in [5.41, 5.74) is 9.82. The number of nitrogens with zero attached hydrogens (tertiary/aromatic N) is 3. The lowest BCUT2D eigenvalue weighted by Crippen LogP contribution is -2.23. The van der Waals surface area contributed by atoms with Gasteiger partial charge in [-0.05, 0) is 27.7 Å². The van der Waals surface area contributed by atoms with Gasteiger partial charge in [0.1, 0.15) is 5.69 Å². The maximum Gasteiger partial charge on any atom is 0.298 e. The van der Waals surface area contributed by atoms with E-state index < -0.39 is 0 Å². The Hall–Kier alpha value is -2.89. The van der Waals surface area contributed by atoms with E-state index in [1.165, 1.54) is 6.20 Å². The van der Waals surface area contributed by atoms with Crippen LogP contribution in [0.5, 0.6) is 5.75 Å². The van der Waals surface area contributed by atoms with Crippen molar-refractivity contribution >= 4 is 23.2 Å². The number of carbonyl (C=O) groups is 1. The van der Waals surface area contributed by atoms with Gasteiger partial charge in [-0.25, -0.2) is 9.67 Å². The molecule has 0 unspecified atom stereocenters. The summed E-state index contributed by atoms with van der Waals surface area (Å²) in [4.78, 5) is 15.1. The maximum absolute atomic E-state index is 10.7. The molecule has 2 N–H and O–H groups in total. The Labute approximate surface area is 140 Å². The van der Waals surface area contributed by atoms with Gasteiger partial charge in [-0.3, -0.25) is 4.79 Å². The number of fused-ring (bicyclic) bond motifs is 1. The molecule has 0 atom stereocenters. The van der Waals surface area contributed by atoms with Crippen molar-refractivity contribution in [3.63, 3.8) is 0 Å². The number of ether oxygens (including phenoxy) is 1. The first-order valence-corrected chi connectivity index (χ1v) is 7.68. The fourth-order valence-corrected chi connectivity index (χ4v) is 2.62. The summed E-state index contributed by atoms with van der Waals surface area (Å²) in [6.07, 6.45) is 1.45. The van der Waals surface area contributed by atoms with Crippen LogP contribution in [-0.2, 0) is 10.3 Å². The smallest absolute Gasteiger partial charge is 0.298 e. The van der Waals surface area contributed by atoms with Gasteiger partial charge in [0.15, 0.2) is 11.4 Å². The van der Waals surface area contributed by atoms with Crippen molar-refractivity contribution < 1.29 is 9.53 Å². The Balaban J connectivity index is 2.36. The molecule has 0 radical (unpaired) electrons. The summed E-state index contributed by atoms with van der Waals surface area (Å²) in [6, 6.07) is 8.03. The van der Waals surface area contributed by atoms with Crippen LogP contribution in [0.3, 0.4) is 0 Å². The Bertz CT molecular complexity index is 905. The van der Waals surface area contributed by atoms with E-state index in [1.54, 1.807) is 0 Å². The minimum Gasteiger partial charge on any atom is -0.425 e. The second-order valence-electron chi connectivity index (χ2n) is 6.75. The van der Waals surface area contributed by atoms with Crippen molar-refractivity contribution in [1.82, 2.24) is 14.8 Å². The van der Waals surface area contributed by atoms with E-state index in [4.69, 9.17) is 15.6 Å². The molecular weight excluding hydrogens is 304 g/mol. The molecular formula is C18H20N4O2. The van der Waals surface area contributed by atoms with Crippen LogP contribution in [0.25, 0.3) is 22.3 Å². The number of benzene rings is 1. The lowest BCUT2D eigenvalue weighted by atomic mass is 10.1. The molecule has 2 aromatic heterocycles. The number of rotatable bonds is 3. The van der Waals surface area contributed by atoms with Crippen molar-refractivity contribution in [3.8, 4) is 17.0 Å². The molecule has 0 aliphatic carbocycles. The first kappa shape index (κ1) is 16.0. The average Bonchev–Trinajstić information content (AvgIpc) is 2.91. The van der Waals surface area contributed by atoms with Gasteiger partial charge in [-0.1, -0.05) is 29.8 Å². The lowest BCUT2D eigenvalue weighted by molar-refractivity contribution is -0.120. The zero-order valence-corrected chi connectivity index (χ0v) is 14.2. The van der Waals surface area contributed by atoms with Crippen molar-refractivity contribution in [1.29, 1.82) is 0 Å². The minimum atomic E-state index is -0.270. The van der Waals surface area contributed by atoms with Crippen molar-refractivity contribution in [3.05, 3.63) is 36.0 Å². The predicted octanol–water partition coefficient (Wildman–Crippen LogP) is 3.28. The summed E-state index contributed by atoms with van der Waals surface area (Å²) < 4.78 is 6.79. The topological polar surface area (TPSA) is 83.0 Å². The molecule has 6 heteroatoms. The second-order valence-corrected chi connectivity index (χ2v) is 6.75. The summed E-state index contributed by atoms with van der Waals surface area (Å²) in [5.74, 6) is 0.235. The van der Waals surface area contributed by atoms with Gasteiger partial charge in [-0.15, -0.1) is 0 Å². The third kappa shape index (κ3) is 2.60. The lowest BCUT2D eigenvalue weighted by Gasteiger charge is -2.19. The highest BCUT2D eigenvalue weighted by Crippen LogP contribution is 2.37. The molecule has 2 heterocycles. The fraction of sp³-hybridized carbons (Fsp3) is 0.278. The largest absolute Gasteiger partial charge is 0.425 e. The number of pyridine rings is 1. The number of carbonyl (C=O) groups excluding carboxylic acids is 1. The minimum absolute atomic E-state index is 0.235. The highest BCUT2D eigenvalue weighted by atomic mass is 16.5. The Morgan fingerprint density at radius 3 is 2.46 bits per heavy atom. The van der Waals surface area contributed by atoms with E-state index in [2.05, 4.69) is 4.98 Å². The molecule has 0 aliphatic rings. The molecule has 0 spiro atoms. The van der Waals surface area contributed by atoms with E-state index in [0.717, 1.165) is 16.8 Å². The summed E-state index contributed by atoms with van der Waals surface area (Å²) in [7, 11) is 0. The second kappa shape index (κ2) is 5.63. The molecule has 124 valence electrons. The molecule has 3 aromatic rings. The molecule has 3 rings (SSSR count). The maximum atomic E-state index is 10.7. The molecule has 24 heavy (non-hydrogen) atoms. The van der Waals surface area contributed by atoms with Gasteiger partial charge in [0, 0.05) is 5.56 Å². The van der Waals surface area contributed by atoms with E-state index in [-0.39, 0.29) is 11.3 Å². The van der Waals surface area contributed by atoms with Crippen LogP contribution in [0, 0.1) is 6.92 Å². The molecule has 0 aliphatic heterocycles. The Morgan fingerprint density at radius 1 is 1.21 bits per heavy atom. The summed E-state index contributed by atoms with van der Waals surface area (Å²) in [6.45, 7) is 8.52. The van der Waals surface area contributed by atoms with E-state index in [1.807, 2.05) is 56.6 Å². The van der Waals surface area contributed by atoms with E-state index in [0.29, 0.717) is 23.2 Å². The van der Waals surface area contributed by atoms with Gasteiger partial charge in [0.25, 0.3) is 6.47 Å². The van der Waals surface area contributed by atoms with Crippen molar-refractivity contribution in [2.75, 3.05) is 5.73 Å². The number of aromatic nitrogens is 3. The van der Waals surface area contributed by atoms with Crippen LogP contribution in [0.1, 0.15) is 26.3 Å². The number of hydrogen-bond acceptors (Lipinski definition) is 5. The first-order chi connectivity index (χ1) is 11.3. The van der Waals surface area contributed by atoms with Gasteiger partial charge in [-0.2, -0.15) is 5.10 Å². The van der Waals surface area contributed by atoms with Gasteiger partial charge >= 0.3 is 0 Å². The number of nitrogen functional groups attached to an aromatic ring is 1. The van der Waals surface area contributed by atoms with Gasteiger partial charge in [0.05, 0.1) is 22.8 Å². The summed E-state index contributed by atoms with van der Waals surface area (Å²) >= 11 is 0. The van der Waals surface area contributed by atoms with Crippen LogP contribution in [-0.4, -0.2) is 21.2 Å². The SMILES string of the molecule is Cc1ccc(-c2nn(C(C)(C)C)c3ncc(OC=O)c(N)c23)cc1. The van der Waals surface area contributed by atoms with Crippen molar-refractivity contribution in [2.45, 2.75) is 33.2 Å². The normalized spacial score (nSPS) is 11.7. The number of nitrogens with two attached hydrogens (primary N) is 1. The number of anilines is 1. The Kier molecular flexibility index (Phi) is 3.75. The van der Waals surface area contributed by atoms with Gasteiger partial charge < -0.3 is 10.5 Å². The molecule has 0 bridgehead atoms. The fourth-order valence-electron chi connectivity index (χ4n) is 2.62. The third-order valence-electron chi connectivity index (χ3n) is 3.84. The standard InChI is InChI=1S/C18H20N4O2/c1-11-5-7-12(8-6-11)16-14-15(19)13(24-10-23)9-20-17(14)22(21-16)18(2,3)4/h5-10H,1-4H3,(H2,19,20). The number of aryl methyl sites for hydroxylation is 1. The van der Waals surface area contributed by atoms with Crippen LogP contribution in [0.2, 0.25) is 0 Å². The van der Waals surface area contributed by atoms with Gasteiger partial charge in [0.2, 0.25) is 0 Å². The zero-order valence-electron chi connectivity index (χ0n) is 14.2. The average molecular weight is 324 g/mol. The predicted molar refractivity (Wildman–Crippen MR) is 93.8 cm³/mol. The molecule has 0 saturated heterocycles. The van der Waals surface area contributed by atoms with Crippen molar-refractivity contribution in [2.24, 2.45) is 0 Å². The Morgan fingerprint density at radius 2 is 1.88 bits per heavy atom. The molecule has 0 amide bonds. The molecule has 0 fully saturated rings. The number of hydrogen-bond donors (Lipinski definition) is 1.